The Labute approximate surface area is 190 Å². The second-order valence-corrected chi connectivity index (χ2v) is 10.2. The fourth-order valence-electron chi connectivity index (χ4n) is 3.56. The number of carbonyl (C=O) groups excluding carboxylic acids is 1. The molecule has 0 aliphatic carbocycles. The van der Waals surface area contributed by atoms with Gasteiger partial charge in [0.25, 0.3) is 10.0 Å². The van der Waals surface area contributed by atoms with E-state index in [0.717, 1.165) is 6.20 Å². The minimum absolute atomic E-state index is 0.0194. The van der Waals surface area contributed by atoms with Gasteiger partial charge in [0.2, 0.25) is 5.88 Å². The Balaban J connectivity index is 1.90. The molecular formula is C19H29F2N7O4S. The van der Waals surface area contributed by atoms with Crippen LogP contribution in [0.5, 0.6) is 5.88 Å². The summed E-state index contributed by atoms with van der Waals surface area (Å²) in [6, 6.07) is -4.46. The van der Waals surface area contributed by atoms with E-state index in [-0.39, 0.29) is 46.4 Å². The van der Waals surface area contributed by atoms with Gasteiger partial charge in [0.05, 0.1) is 35.9 Å². The second-order valence-electron chi connectivity index (χ2n) is 8.56. The smallest absolute Gasteiger partial charge is 0.341 e. The van der Waals surface area contributed by atoms with Gasteiger partial charge in [0.15, 0.2) is 4.90 Å². The molecule has 0 bridgehead atoms. The maximum absolute atomic E-state index is 14.2. The third-order valence-electron chi connectivity index (χ3n) is 5.15. The summed E-state index contributed by atoms with van der Waals surface area (Å²) < 4.78 is 63.5. The summed E-state index contributed by atoms with van der Waals surface area (Å²) >= 11 is 0. The van der Waals surface area contributed by atoms with Gasteiger partial charge >= 0.3 is 12.1 Å². The lowest BCUT2D eigenvalue weighted by Crippen LogP contribution is -2.40. The number of alkyl halides is 2. The SMILES string of the molecule is CNC1COc2c(S(=O)(=O)NC(=O)Nc3c(C(C)C)nn(C(C)(F)F)c3C(C)C)cnn2C1. The molecule has 3 N–H and O–H groups in total. The predicted octanol–water partition coefficient (Wildman–Crippen LogP) is 2.39. The normalized spacial score (nSPS) is 16.6. The van der Waals surface area contributed by atoms with Crippen LogP contribution in [0.1, 0.15) is 57.8 Å². The Bertz CT molecular complexity index is 1140. The quantitative estimate of drug-likeness (QED) is 0.544. The molecule has 0 aromatic carbocycles. The van der Waals surface area contributed by atoms with Crippen LogP contribution in [0.25, 0.3) is 0 Å². The molecule has 1 atom stereocenters. The van der Waals surface area contributed by atoms with E-state index in [1.807, 2.05) is 4.72 Å². The molecule has 14 heteroatoms. The van der Waals surface area contributed by atoms with Gasteiger partial charge in [0.1, 0.15) is 6.61 Å². The Morgan fingerprint density at radius 3 is 2.48 bits per heavy atom. The number of anilines is 1. The lowest BCUT2D eigenvalue weighted by molar-refractivity contribution is -0.0754. The maximum atomic E-state index is 14.2. The van der Waals surface area contributed by atoms with E-state index in [1.54, 1.807) is 34.7 Å². The van der Waals surface area contributed by atoms with E-state index in [9.17, 15) is 22.0 Å². The van der Waals surface area contributed by atoms with Crippen LogP contribution in [0.4, 0.5) is 19.3 Å². The summed E-state index contributed by atoms with van der Waals surface area (Å²) in [6.07, 6.45) is 1.09. The monoisotopic (exact) mass is 489 g/mol. The Morgan fingerprint density at radius 2 is 1.94 bits per heavy atom. The highest BCUT2D eigenvalue weighted by molar-refractivity contribution is 7.90. The number of likely N-dealkylation sites (N-methyl/N-ethyl adjacent to an activating group) is 1. The molecule has 11 nitrogen and oxygen atoms in total. The number of rotatable bonds is 7. The number of urea groups is 1. The number of sulfonamides is 1. The molecule has 33 heavy (non-hydrogen) atoms. The molecule has 0 fully saturated rings. The van der Waals surface area contributed by atoms with Crippen LogP contribution in [-0.4, -0.2) is 53.7 Å². The van der Waals surface area contributed by atoms with Gasteiger partial charge in [-0.05, 0) is 18.9 Å². The van der Waals surface area contributed by atoms with E-state index in [2.05, 4.69) is 20.8 Å². The van der Waals surface area contributed by atoms with Gasteiger partial charge < -0.3 is 15.4 Å². The van der Waals surface area contributed by atoms with Gasteiger partial charge in [-0.3, -0.25) is 0 Å². The van der Waals surface area contributed by atoms with Crippen LogP contribution in [0, 0.1) is 0 Å². The largest absolute Gasteiger partial charge is 0.475 e. The van der Waals surface area contributed by atoms with Crippen molar-refractivity contribution in [3.63, 3.8) is 0 Å². The van der Waals surface area contributed by atoms with Gasteiger partial charge in [-0.1, -0.05) is 27.7 Å². The highest BCUT2D eigenvalue weighted by Crippen LogP contribution is 2.36. The molecule has 0 saturated heterocycles. The Hall–Kier alpha value is -2.74. The minimum atomic E-state index is -4.36. The molecule has 184 valence electrons. The summed E-state index contributed by atoms with van der Waals surface area (Å²) in [6.45, 7) is 8.16. The first-order chi connectivity index (χ1) is 15.3. The number of nitrogens with zero attached hydrogens (tertiary/aromatic N) is 4. The zero-order chi connectivity index (χ0) is 24.7. The average molecular weight is 490 g/mol. The van der Waals surface area contributed by atoms with E-state index in [1.165, 1.54) is 4.68 Å². The van der Waals surface area contributed by atoms with Crippen LogP contribution >= 0.6 is 0 Å². The van der Waals surface area contributed by atoms with Crippen molar-refractivity contribution in [3.05, 3.63) is 17.6 Å². The van der Waals surface area contributed by atoms with E-state index < -0.39 is 28.0 Å². The maximum Gasteiger partial charge on any atom is 0.341 e. The van der Waals surface area contributed by atoms with Crippen molar-refractivity contribution in [2.45, 2.75) is 70.0 Å². The molecule has 3 rings (SSSR count). The third-order valence-corrected chi connectivity index (χ3v) is 6.46. The molecular weight excluding hydrogens is 460 g/mol. The Kier molecular flexibility index (Phi) is 6.71. The van der Waals surface area contributed by atoms with E-state index in [0.29, 0.717) is 18.2 Å². The summed E-state index contributed by atoms with van der Waals surface area (Å²) in [4.78, 5) is 12.4. The topological polar surface area (TPSA) is 132 Å². The zero-order valence-corrected chi connectivity index (χ0v) is 20.1. The summed E-state index contributed by atoms with van der Waals surface area (Å²) in [5.41, 5.74) is 0.361. The van der Waals surface area contributed by atoms with Crippen molar-refractivity contribution in [2.24, 2.45) is 0 Å². The van der Waals surface area contributed by atoms with Crippen molar-refractivity contribution < 1.29 is 26.7 Å². The van der Waals surface area contributed by atoms with Gasteiger partial charge in [-0.25, -0.2) is 27.3 Å². The third kappa shape index (κ3) is 4.95. The number of hydrogen-bond acceptors (Lipinski definition) is 7. The number of aromatic nitrogens is 4. The van der Waals surface area contributed by atoms with Crippen molar-refractivity contribution in [1.29, 1.82) is 0 Å². The van der Waals surface area contributed by atoms with Gasteiger partial charge in [-0.15, -0.1) is 0 Å². The van der Waals surface area contributed by atoms with Crippen molar-refractivity contribution in [3.8, 4) is 5.88 Å². The molecule has 0 radical (unpaired) electrons. The number of fused-ring (bicyclic) bond motifs is 1. The number of hydrogen-bond donors (Lipinski definition) is 3. The zero-order valence-electron chi connectivity index (χ0n) is 19.3. The Morgan fingerprint density at radius 1 is 1.27 bits per heavy atom. The fourth-order valence-corrected chi connectivity index (χ4v) is 4.55. The number of amides is 2. The number of ether oxygens (including phenoxy) is 1. The molecule has 1 aliphatic heterocycles. The highest BCUT2D eigenvalue weighted by Gasteiger charge is 2.35. The van der Waals surface area contributed by atoms with Gasteiger partial charge in [-0.2, -0.15) is 19.0 Å². The molecule has 0 spiro atoms. The van der Waals surface area contributed by atoms with Crippen LogP contribution in [-0.2, 0) is 22.6 Å². The summed E-state index contributed by atoms with van der Waals surface area (Å²) in [5, 5.41) is 13.5. The first-order valence-corrected chi connectivity index (χ1v) is 11.9. The lowest BCUT2D eigenvalue weighted by atomic mass is 10.0. The highest BCUT2D eigenvalue weighted by atomic mass is 32.2. The van der Waals surface area contributed by atoms with E-state index >= 15 is 0 Å². The molecule has 2 aromatic rings. The van der Waals surface area contributed by atoms with Crippen LogP contribution < -0.4 is 20.1 Å². The van der Waals surface area contributed by atoms with Crippen molar-refractivity contribution in [2.75, 3.05) is 19.0 Å². The fraction of sp³-hybridized carbons (Fsp3) is 0.632. The first-order valence-electron chi connectivity index (χ1n) is 10.5. The summed E-state index contributed by atoms with van der Waals surface area (Å²) in [7, 11) is -2.61. The molecule has 2 amide bonds. The number of nitrogens with one attached hydrogen (secondary N) is 3. The molecule has 1 unspecified atom stereocenters. The molecule has 3 heterocycles. The predicted molar refractivity (Wildman–Crippen MR) is 116 cm³/mol. The lowest BCUT2D eigenvalue weighted by Gasteiger charge is -2.24. The van der Waals surface area contributed by atoms with Crippen molar-refractivity contribution >= 4 is 21.7 Å². The molecule has 1 aliphatic rings. The van der Waals surface area contributed by atoms with Crippen molar-refractivity contribution in [1.82, 2.24) is 29.6 Å². The second kappa shape index (κ2) is 8.89. The summed E-state index contributed by atoms with van der Waals surface area (Å²) in [5.74, 6) is -0.723. The van der Waals surface area contributed by atoms with Crippen LogP contribution in [0.2, 0.25) is 0 Å². The molecule has 2 aromatic heterocycles. The first kappa shape index (κ1) is 24.9. The minimum Gasteiger partial charge on any atom is -0.475 e. The number of halogens is 2. The molecule has 0 saturated carbocycles. The standard InChI is InChI=1S/C19H29F2N7O4S/c1-10(2)14-15(16(11(3)4)28(25-14)19(5,20)21)24-18(29)26-33(30,31)13-7-23-27-8-12(22-6)9-32-17(13)27/h7,10-12,22H,8-9H2,1-6H3,(H2,24,26,29). The van der Waals surface area contributed by atoms with Gasteiger partial charge in [0, 0.05) is 6.92 Å². The van der Waals surface area contributed by atoms with Crippen LogP contribution in [0.15, 0.2) is 11.1 Å². The van der Waals surface area contributed by atoms with E-state index in [4.69, 9.17) is 4.74 Å². The van der Waals surface area contributed by atoms with Crippen LogP contribution in [0.3, 0.4) is 0 Å². The number of carbonyl (C=O) groups is 1. The average Bonchev–Trinajstić information content (AvgIpc) is 3.28.